The molecule has 2 N–H and O–H groups in total. The molecule has 6 nitrogen and oxygen atoms in total. The molecule has 2 aromatic carbocycles. The Bertz CT molecular complexity index is 1010. The molecule has 8 heteroatoms. The summed E-state index contributed by atoms with van der Waals surface area (Å²) in [6.45, 7) is 2.50. The van der Waals surface area contributed by atoms with E-state index in [-0.39, 0.29) is 11.9 Å². The lowest BCUT2D eigenvalue weighted by atomic mass is 10.0. The Morgan fingerprint density at radius 3 is 2.55 bits per heavy atom. The monoisotopic (exact) mass is 474 g/mol. The van der Waals surface area contributed by atoms with E-state index in [9.17, 15) is 4.79 Å². The van der Waals surface area contributed by atoms with Crippen LogP contribution in [0, 0.1) is 4.77 Å². The second kappa shape index (κ2) is 9.84. The average Bonchev–Trinajstić information content (AvgIpc) is 3.11. The summed E-state index contributed by atoms with van der Waals surface area (Å²) in [4.78, 5) is 12.6. The van der Waals surface area contributed by atoms with Crippen LogP contribution in [0.4, 0.5) is 0 Å². The van der Waals surface area contributed by atoms with Crippen LogP contribution in [-0.4, -0.2) is 27.8 Å². The maximum absolute atomic E-state index is 12.6. The van der Waals surface area contributed by atoms with Gasteiger partial charge in [0.15, 0.2) is 10.6 Å². The molecule has 1 aromatic heterocycles. The third kappa shape index (κ3) is 5.33. The Morgan fingerprint density at radius 2 is 1.93 bits per heavy atom. The van der Waals surface area contributed by atoms with Crippen molar-refractivity contribution in [2.24, 2.45) is 0 Å². The molecule has 0 bridgehead atoms. The van der Waals surface area contributed by atoms with Gasteiger partial charge in [-0.1, -0.05) is 35.0 Å². The SMILES string of the molecule is CC[C@@H](NC(=O)CCn1c(-c2ccc(OC)cc2)n[nH]c1=S)c1ccc(Br)cc1. The molecule has 0 spiro atoms. The molecule has 1 heterocycles. The fourth-order valence-corrected chi connectivity index (χ4v) is 3.57. The van der Waals surface area contributed by atoms with Crippen molar-refractivity contribution >= 4 is 34.1 Å². The van der Waals surface area contributed by atoms with Crippen molar-refractivity contribution in [1.82, 2.24) is 20.1 Å². The highest BCUT2D eigenvalue weighted by atomic mass is 79.9. The van der Waals surface area contributed by atoms with E-state index in [4.69, 9.17) is 17.0 Å². The van der Waals surface area contributed by atoms with E-state index in [0.717, 1.165) is 27.8 Å². The number of H-pyrrole nitrogens is 1. The van der Waals surface area contributed by atoms with Gasteiger partial charge in [0.2, 0.25) is 5.91 Å². The number of amides is 1. The number of aromatic nitrogens is 3. The Kier molecular flexibility index (Phi) is 7.22. The van der Waals surface area contributed by atoms with Gasteiger partial charge in [0.25, 0.3) is 0 Å². The zero-order valence-corrected chi connectivity index (χ0v) is 18.7. The van der Waals surface area contributed by atoms with Crippen molar-refractivity contribution in [1.29, 1.82) is 0 Å². The maximum atomic E-state index is 12.6. The van der Waals surface area contributed by atoms with Crippen molar-refractivity contribution in [3.8, 4) is 17.1 Å². The van der Waals surface area contributed by atoms with Crippen molar-refractivity contribution in [2.45, 2.75) is 32.4 Å². The number of nitrogens with one attached hydrogen (secondary N) is 2. The first-order valence-electron chi connectivity index (χ1n) is 9.36. The standard InChI is InChI=1S/C21H23BrN4O2S/c1-3-18(14-4-8-16(22)9-5-14)23-19(27)12-13-26-20(24-25-21(26)29)15-6-10-17(28-2)11-7-15/h4-11,18H,3,12-13H2,1-2H3,(H,23,27)(H,25,29)/t18-/m1/s1. The maximum Gasteiger partial charge on any atom is 0.222 e. The first-order valence-corrected chi connectivity index (χ1v) is 10.6. The highest BCUT2D eigenvalue weighted by molar-refractivity contribution is 9.10. The number of benzene rings is 2. The fourth-order valence-electron chi connectivity index (χ4n) is 3.08. The molecule has 0 aliphatic carbocycles. The van der Waals surface area contributed by atoms with Gasteiger partial charge in [0.1, 0.15) is 5.75 Å². The smallest absolute Gasteiger partial charge is 0.222 e. The molecule has 1 atom stereocenters. The van der Waals surface area contributed by atoms with Gasteiger partial charge < -0.3 is 10.1 Å². The summed E-state index contributed by atoms with van der Waals surface area (Å²) in [6, 6.07) is 15.6. The molecule has 29 heavy (non-hydrogen) atoms. The largest absolute Gasteiger partial charge is 0.497 e. The molecule has 3 aromatic rings. The van der Waals surface area contributed by atoms with Crippen molar-refractivity contribution in [3.63, 3.8) is 0 Å². The van der Waals surface area contributed by atoms with Gasteiger partial charge in [-0.2, -0.15) is 5.10 Å². The summed E-state index contributed by atoms with van der Waals surface area (Å²) in [7, 11) is 1.63. The summed E-state index contributed by atoms with van der Waals surface area (Å²) < 4.78 is 8.55. The van der Waals surface area contributed by atoms with Crippen LogP contribution in [-0.2, 0) is 11.3 Å². The van der Waals surface area contributed by atoms with Gasteiger partial charge in [0, 0.05) is 23.0 Å². The topological polar surface area (TPSA) is 71.9 Å². The predicted octanol–water partition coefficient (Wildman–Crippen LogP) is 5.04. The van der Waals surface area contributed by atoms with Gasteiger partial charge in [0.05, 0.1) is 13.2 Å². The number of aromatic amines is 1. The van der Waals surface area contributed by atoms with E-state index in [1.807, 2.05) is 53.1 Å². The molecular formula is C21H23BrN4O2S. The molecule has 0 unspecified atom stereocenters. The lowest BCUT2D eigenvalue weighted by Crippen LogP contribution is -2.29. The number of halogens is 1. The normalized spacial score (nSPS) is 11.8. The number of carbonyl (C=O) groups is 1. The highest BCUT2D eigenvalue weighted by Gasteiger charge is 2.15. The van der Waals surface area contributed by atoms with E-state index < -0.39 is 0 Å². The number of methoxy groups -OCH3 is 1. The lowest BCUT2D eigenvalue weighted by molar-refractivity contribution is -0.122. The highest BCUT2D eigenvalue weighted by Crippen LogP contribution is 2.22. The van der Waals surface area contributed by atoms with Gasteiger partial charge in [-0.3, -0.25) is 14.5 Å². The zero-order valence-electron chi connectivity index (χ0n) is 16.3. The minimum absolute atomic E-state index is 0.0195. The van der Waals surface area contributed by atoms with Crippen LogP contribution in [0.15, 0.2) is 53.0 Å². The zero-order chi connectivity index (χ0) is 20.8. The average molecular weight is 475 g/mol. The minimum Gasteiger partial charge on any atom is -0.497 e. The van der Waals surface area contributed by atoms with Crippen LogP contribution >= 0.6 is 28.1 Å². The Balaban J connectivity index is 1.67. The van der Waals surface area contributed by atoms with Gasteiger partial charge in [-0.25, -0.2) is 0 Å². The number of hydrogen-bond acceptors (Lipinski definition) is 4. The summed E-state index contributed by atoms with van der Waals surface area (Å²) in [5.74, 6) is 1.45. The number of carbonyl (C=O) groups excluding carboxylic acids is 1. The Morgan fingerprint density at radius 1 is 1.24 bits per heavy atom. The van der Waals surface area contributed by atoms with Crippen LogP contribution in [0.25, 0.3) is 11.4 Å². The van der Waals surface area contributed by atoms with Crippen LogP contribution in [0.5, 0.6) is 5.75 Å². The van der Waals surface area contributed by atoms with Gasteiger partial charge >= 0.3 is 0 Å². The van der Waals surface area contributed by atoms with Crippen LogP contribution in [0.2, 0.25) is 0 Å². The Labute approximate surface area is 183 Å². The molecule has 0 saturated heterocycles. The molecule has 152 valence electrons. The van der Waals surface area contributed by atoms with Crippen molar-refractivity contribution in [2.75, 3.05) is 7.11 Å². The summed E-state index contributed by atoms with van der Waals surface area (Å²) in [6.07, 6.45) is 1.12. The van der Waals surface area contributed by atoms with Crippen LogP contribution in [0.1, 0.15) is 31.4 Å². The minimum atomic E-state index is -0.0245. The molecule has 0 saturated carbocycles. The number of rotatable bonds is 8. The van der Waals surface area contributed by atoms with Gasteiger partial charge in [-0.05, 0) is 60.6 Å². The molecular weight excluding hydrogens is 452 g/mol. The van der Waals surface area contributed by atoms with E-state index in [0.29, 0.717) is 23.6 Å². The number of ether oxygens (including phenoxy) is 1. The third-order valence-electron chi connectivity index (χ3n) is 4.68. The summed E-state index contributed by atoms with van der Waals surface area (Å²) >= 11 is 8.80. The van der Waals surface area contributed by atoms with Gasteiger partial charge in [-0.15, -0.1) is 0 Å². The fraction of sp³-hybridized carbons (Fsp3) is 0.286. The van der Waals surface area contributed by atoms with E-state index in [2.05, 4.69) is 38.4 Å². The third-order valence-corrected chi connectivity index (χ3v) is 5.53. The number of hydrogen-bond donors (Lipinski definition) is 2. The second-order valence-electron chi connectivity index (χ2n) is 6.56. The Hall–Kier alpha value is -2.45. The van der Waals surface area contributed by atoms with Crippen LogP contribution < -0.4 is 10.1 Å². The first kappa shape index (κ1) is 21.3. The van der Waals surface area contributed by atoms with Crippen LogP contribution in [0.3, 0.4) is 0 Å². The lowest BCUT2D eigenvalue weighted by Gasteiger charge is -2.18. The van der Waals surface area contributed by atoms with E-state index in [1.54, 1.807) is 7.11 Å². The quantitative estimate of drug-likeness (QED) is 0.448. The summed E-state index contributed by atoms with van der Waals surface area (Å²) in [5, 5.41) is 10.3. The molecule has 0 aliphatic rings. The van der Waals surface area contributed by atoms with Crippen molar-refractivity contribution < 1.29 is 9.53 Å². The molecule has 0 fully saturated rings. The second-order valence-corrected chi connectivity index (χ2v) is 7.86. The molecule has 0 radical (unpaired) electrons. The van der Waals surface area contributed by atoms with E-state index >= 15 is 0 Å². The summed E-state index contributed by atoms with van der Waals surface area (Å²) in [5.41, 5.74) is 1.99. The number of nitrogens with zero attached hydrogens (tertiary/aromatic N) is 2. The first-order chi connectivity index (χ1) is 14.0. The molecule has 0 aliphatic heterocycles. The molecule has 1 amide bonds. The van der Waals surface area contributed by atoms with Crippen molar-refractivity contribution in [3.05, 3.63) is 63.3 Å². The molecule has 3 rings (SSSR count). The van der Waals surface area contributed by atoms with E-state index in [1.165, 1.54) is 0 Å². The predicted molar refractivity (Wildman–Crippen MR) is 119 cm³/mol.